The van der Waals surface area contributed by atoms with E-state index in [1.165, 1.54) is 18.2 Å². The number of aromatic amines is 1. The summed E-state index contributed by atoms with van der Waals surface area (Å²) < 4.78 is 13.5. The van der Waals surface area contributed by atoms with Crippen molar-refractivity contribution >= 4 is 17.5 Å². The molecule has 0 radical (unpaired) electrons. The fourth-order valence-electron chi connectivity index (χ4n) is 1.31. The molecule has 0 spiro atoms. The fraction of sp³-hybridized carbons (Fsp3) is 0. The molecule has 16 heavy (non-hydrogen) atoms. The third-order valence-electron chi connectivity index (χ3n) is 1.96. The van der Waals surface area contributed by atoms with Crippen molar-refractivity contribution in [1.82, 2.24) is 9.97 Å². The number of nitrogens with one attached hydrogen (secondary N) is 1. The van der Waals surface area contributed by atoms with E-state index in [0.29, 0.717) is 5.02 Å². The van der Waals surface area contributed by atoms with Gasteiger partial charge in [-0.2, -0.15) is 0 Å². The molecule has 0 bridgehead atoms. The number of nitrogens with zero attached hydrogens (tertiary/aromatic N) is 1. The van der Waals surface area contributed by atoms with Gasteiger partial charge in [-0.15, -0.1) is 0 Å². The second kappa shape index (κ2) is 3.94. The van der Waals surface area contributed by atoms with Crippen LogP contribution in [0.15, 0.2) is 29.1 Å². The standard InChI is InChI=1S/C10H7ClFN3O/c11-5-1-2-7(12)6(3-5)8-4-9(16)15-10(13)14-8/h1-4H,(H3,13,14,15,16). The Bertz CT molecular complexity index is 597. The Morgan fingerprint density at radius 1 is 1.38 bits per heavy atom. The van der Waals surface area contributed by atoms with Gasteiger partial charge in [0.2, 0.25) is 5.95 Å². The van der Waals surface area contributed by atoms with Crippen LogP contribution in [0.4, 0.5) is 10.3 Å². The summed E-state index contributed by atoms with van der Waals surface area (Å²) in [5, 5.41) is 0.358. The van der Waals surface area contributed by atoms with Gasteiger partial charge in [0.25, 0.3) is 5.56 Å². The minimum Gasteiger partial charge on any atom is -0.369 e. The van der Waals surface area contributed by atoms with Crippen LogP contribution in [-0.2, 0) is 0 Å². The minimum absolute atomic E-state index is 0.0677. The summed E-state index contributed by atoms with van der Waals surface area (Å²) in [5.41, 5.74) is 5.22. The van der Waals surface area contributed by atoms with Crippen molar-refractivity contribution in [2.24, 2.45) is 0 Å². The smallest absolute Gasteiger partial charge is 0.252 e. The predicted molar refractivity (Wildman–Crippen MR) is 59.7 cm³/mol. The summed E-state index contributed by atoms with van der Waals surface area (Å²) in [4.78, 5) is 17.2. The van der Waals surface area contributed by atoms with Crippen molar-refractivity contribution < 1.29 is 4.39 Å². The van der Waals surface area contributed by atoms with Crippen molar-refractivity contribution in [3.63, 3.8) is 0 Å². The first-order chi connectivity index (χ1) is 7.56. The van der Waals surface area contributed by atoms with Gasteiger partial charge in [0.15, 0.2) is 0 Å². The van der Waals surface area contributed by atoms with Crippen molar-refractivity contribution in [2.45, 2.75) is 0 Å². The first-order valence-electron chi connectivity index (χ1n) is 4.38. The second-order valence-corrected chi connectivity index (χ2v) is 3.58. The Hall–Kier alpha value is -1.88. The third kappa shape index (κ3) is 2.04. The Labute approximate surface area is 94.9 Å². The molecule has 0 amide bonds. The zero-order valence-corrected chi connectivity index (χ0v) is 8.75. The predicted octanol–water partition coefficient (Wildman–Crippen LogP) is 1.81. The van der Waals surface area contributed by atoms with Crippen molar-refractivity contribution in [3.05, 3.63) is 45.5 Å². The van der Waals surface area contributed by atoms with Gasteiger partial charge in [0.05, 0.1) is 5.69 Å². The van der Waals surface area contributed by atoms with E-state index in [9.17, 15) is 9.18 Å². The number of aromatic nitrogens is 2. The van der Waals surface area contributed by atoms with Crippen LogP contribution in [0.2, 0.25) is 5.02 Å². The second-order valence-electron chi connectivity index (χ2n) is 3.14. The molecule has 0 saturated heterocycles. The molecule has 3 N–H and O–H groups in total. The van der Waals surface area contributed by atoms with Gasteiger partial charge in [-0.05, 0) is 18.2 Å². The molecule has 0 aliphatic carbocycles. The number of benzene rings is 1. The molecule has 82 valence electrons. The average Bonchev–Trinajstić information content (AvgIpc) is 2.20. The molecule has 0 aliphatic rings. The Kier molecular flexibility index (Phi) is 2.62. The molecular formula is C10H7ClFN3O. The van der Waals surface area contributed by atoms with Gasteiger partial charge in [-0.1, -0.05) is 11.6 Å². The molecule has 2 aromatic rings. The molecule has 0 atom stereocenters. The number of hydrogen-bond acceptors (Lipinski definition) is 3. The molecule has 1 aromatic carbocycles. The maximum Gasteiger partial charge on any atom is 0.252 e. The van der Waals surface area contributed by atoms with E-state index in [2.05, 4.69) is 9.97 Å². The van der Waals surface area contributed by atoms with E-state index >= 15 is 0 Å². The summed E-state index contributed by atoms with van der Waals surface area (Å²) >= 11 is 5.73. The van der Waals surface area contributed by atoms with Gasteiger partial charge in [0, 0.05) is 16.7 Å². The lowest BCUT2D eigenvalue weighted by Crippen LogP contribution is -2.10. The minimum atomic E-state index is -0.512. The van der Waals surface area contributed by atoms with E-state index < -0.39 is 11.4 Å². The van der Waals surface area contributed by atoms with E-state index in [1.54, 1.807) is 0 Å². The number of nitrogens with two attached hydrogens (primary N) is 1. The molecule has 1 heterocycles. The maximum atomic E-state index is 13.5. The number of halogens is 2. The lowest BCUT2D eigenvalue weighted by molar-refractivity contribution is 0.630. The molecule has 0 unspecified atom stereocenters. The quantitative estimate of drug-likeness (QED) is 0.797. The van der Waals surface area contributed by atoms with Gasteiger partial charge in [0.1, 0.15) is 5.82 Å². The van der Waals surface area contributed by atoms with E-state index in [1.807, 2.05) is 0 Å². The van der Waals surface area contributed by atoms with Crippen LogP contribution >= 0.6 is 11.6 Å². The van der Waals surface area contributed by atoms with Crippen molar-refractivity contribution in [1.29, 1.82) is 0 Å². The van der Waals surface area contributed by atoms with E-state index in [0.717, 1.165) is 6.07 Å². The highest BCUT2D eigenvalue weighted by atomic mass is 35.5. The molecule has 6 heteroatoms. The van der Waals surface area contributed by atoms with Crippen molar-refractivity contribution in [3.8, 4) is 11.3 Å². The number of anilines is 1. The highest BCUT2D eigenvalue weighted by molar-refractivity contribution is 6.30. The zero-order chi connectivity index (χ0) is 11.7. The highest BCUT2D eigenvalue weighted by Crippen LogP contribution is 2.23. The molecule has 0 aliphatic heterocycles. The monoisotopic (exact) mass is 239 g/mol. The summed E-state index contributed by atoms with van der Waals surface area (Å²) in [7, 11) is 0. The third-order valence-corrected chi connectivity index (χ3v) is 2.20. The number of rotatable bonds is 1. The fourth-order valence-corrected chi connectivity index (χ4v) is 1.48. The Morgan fingerprint density at radius 3 is 2.81 bits per heavy atom. The van der Waals surface area contributed by atoms with Gasteiger partial charge in [-0.3, -0.25) is 9.78 Å². The lowest BCUT2D eigenvalue weighted by atomic mass is 10.1. The van der Waals surface area contributed by atoms with Crippen LogP contribution in [0.3, 0.4) is 0 Å². The van der Waals surface area contributed by atoms with E-state index in [4.69, 9.17) is 17.3 Å². The van der Waals surface area contributed by atoms with Crippen LogP contribution in [0.5, 0.6) is 0 Å². The molecule has 1 aromatic heterocycles. The molecule has 4 nitrogen and oxygen atoms in total. The van der Waals surface area contributed by atoms with Gasteiger partial charge >= 0.3 is 0 Å². The molecule has 0 fully saturated rings. The van der Waals surface area contributed by atoms with Crippen molar-refractivity contribution in [2.75, 3.05) is 5.73 Å². The van der Waals surface area contributed by atoms with Crippen LogP contribution in [0, 0.1) is 5.82 Å². The van der Waals surface area contributed by atoms with Gasteiger partial charge < -0.3 is 5.73 Å². The maximum absolute atomic E-state index is 13.5. The van der Waals surface area contributed by atoms with Gasteiger partial charge in [-0.25, -0.2) is 9.37 Å². The Morgan fingerprint density at radius 2 is 2.12 bits per heavy atom. The topological polar surface area (TPSA) is 71.8 Å². The summed E-state index contributed by atoms with van der Waals surface area (Å²) in [6, 6.07) is 5.16. The summed E-state index contributed by atoms with van der Waals surface area (Å²) in [6.45, 7) is 0. The van der Waals surface area contributed by atoms with Crippen LogP contribution in [-0.4, -0.2) is 9.97 Å². The zero-order valence-electron chi connectivity index (χ0n) is 8.00. The van der Waals surface area contributed by atoms with Crippen LogP contribution in [0.1, 0.15) is 0 Å². The number of hydrogen-bond donors (Lipinski definition) is 2. The molecular weight excluding hydrogens is 233 g/mol. The summed E-state index contributed by atoms with van der Waals surface area (Å²) in [6.07, 6.45) is 0. The Balaban J connectivity index is 2.66. The first-order valence-corrected chi connectivity index (χ1v) is 4.76. The first kappa shape index (κ1) is 10.6. The molecule has 0 saturated carbocycles. The number of nitrogen functional groups attached to an aromatic ring is 1. The lowest BCUT2D eigenvalue weighted by Gasteiger charge is -2.03. The van der Waals surface area contributed by atoms with Crippen LogP contribution < -0.4 is 11.3 Å². The SMILES string of the molecule is Nc1nc(-c2cc(Cl)ccc2F)cc(=O)[nH]1. The average molecular weight is 240 g/mol. The largest absolute Gasteiger partial charge is 0.369 e. The van der Waals surface area contributed by atoms with E-state index in [-0.39, 0.29) is 17.2 Å². The highest BCUT2D eigenvalue weighted by Gasteiger charge is 2.08. The normalized spacial score (nSPS) is 10.4. The summed E-state index contributed by atoms with van der Waals surface area (Å²) in [5.74, 6) is -0.580. The van der Waals surface area contributed by atoms with Crippen LogP contribution in [0.25, 0.3) is 11.3 Å². The molecule has 2 rings (SSSR count). The number of H-pyrrole nitrogens is 1.